The molecule has 0 unspecified atom stereocenters. The number of carbonyl (C=O) groups excluding carboxylic acids is 1. The van der Waals surface area contributed by atoms with Crippen LogP contribution in [0.3, 0.4) is 0 Å². The molecule has 0 spiro atoms. The van der Waals surface area contributed by atoms with Gasteiger partial charge in [-0.1, -0.05) is 30.3 Å². The number of aromatic nitrogens is 2. The summed E-state index contributed by atoms with van der Waals surface area (Å²) in [6.07, 6.45) is 4.07. The summed E-state index contributed by atoms with van der Waals surface area (Å²) in [5.41, 5.74) is 3.16. The fraction of sp³-hybridized carbons (Fsp3) is 0.167. The van der Waals surface area contributed by atoms with E-state index in [0.717, 1.165) is 22.6 Å². The number of amides is 1. The molecule has 2 heterocycles. The Kier molecular flexibility index (Phi) is 5.94. The number of nitrogens with one attached hydrogen (secondary N) is 1. The first-order chi connectivity index (χ1) is 14.7. The first-order valence-electron chi connectivity index (χ1n) is 9.79. The molecule has 0 saturated heterocycles. The lowest BCUT2D eigenvalue weighted by Gasteiger charge is -2.05. The van der Waals surface area contributed by atoms with Crippen molar-refractivity contribution in [2.24, 2.45) is 0 Å². The molecule has 0 bridgehead atoms. The van der Waals surface area contributed by atoms with Gasteiger partial charge >= 0.3 is 0 Å². The van der Waals surface area contributed by atoms with Crippen LogP contribution < -0.4 is 10.1 Å². The van der Waals surface area contributed by atoms with Crippen molar-refractivity contribution < 1.29 is 13.9 Å². The fourth-order valence-electron chi connectivity index (χ4n) is 3.25. The summed E-state index contributed by atoms with van der Waals surface area (Å²) in [6, 6.07) is 21.3. The third kappa shape index (κ3) is 4.60. The van der Waals surface area contributed by atoms with E-state index in [1.807, 2.05) is 66.7 Å². The molecule has 0 atom stereocenters. The van der Waals surface area contributed by atoms with Crippen molar-refractivity contribution in [3.63, 3.8) is 0 Å². The molecule has 6 nitrogen and oxygen atoms in total. The third-order valence-electron chi connectivity index (χ3n) is 4.79. The van der Waals surface area contributed by atoms with Crippen molar-refractivity contribution in [2.45, 2.75) is 13.0 Å². The van der Waals surface area contributed by atoms with Gasteiger partial charge < -0.3 is 14.5 Å². The number of furan rings is 1. The smallest absolute Gasteiger partial charge is 0.255 e. The number of rotatable bonds is 8. The van der Waals surface area contributed by atoms with Crippen molar-refractivity contribution in [2.75, 3.05) is 13.7 Å². The molecule has 0 aliphatic carbocycles. The molecule has 0 aliphatic heterocycles. The van der Waals surface area contributed by atoms with Crippen LogP contribution in [0, 0.1) is 0 Å². The number of hydrogen-bond acceptors (Lipinski definition) is 4. The van der Waals surface area contributed by atoms with Gasteiger partial charge in [0, 0.05) is 24.7 Å². The van der Waals surface area contributed by atoms with Crippen molar-refractivity contribution in [3.05, 3.63) is 96.1 Å². The molecule has 4 aromatic rings. The number of methoxy groups -OCH3 is 1. The van der Waals surface area contributed by atoms with Crippen LogP contribution in [0.2, 0.25) is 0 Å². The first kappa shape index (κ1) is 19.5. The Bertz CT molecular complexity index is 1080. The van der Waals surface area contributed by atoms with Crippen molar-refractivity contribution in [1.82, 2.24) is 15.1 Å². The summed E-state index contributed by atoms with van der Waals surface area (Å²) in [5, 5.41) is 7.68. The normalized spacial score (nSPS) is 10.7. The number of ether oxygens (including phenoxy) is 1. The number of benzene rings is 2. The third-order valence-corrected chi connectivity index (χ3v) is 4.79. The number of hydrogen-bond donors (Lipinski definition) is 1. The molecule has 4 rings (SSSR count). The van der Waals surface area contributed by atoms with Gasteiger partial charge in [-0.3, -0.25) is 9.48 Å². The Labute approximate surface area is 175 Å². The van der Waals surface area contributed by atoms with Crippen LogP contribution in [-0.4, -0.2) is 29.3 Å². The summed E-state index contributed by atoms with van der Waals surface area (Å²) in [4.78, 5) is 12.9. The first-order valence-corrected chi connectivity index (χ1v) is 9.79. The van der Waals surface area contributed by atoms with Crippen LogP contribution >= 0.6 is 0 Å². The fourth-order valence-corrected chi connectivity index (χ4v) is 3.25. The van der Waals surface area contributed by atoms with E-state index in [1.54, 1.807) is 24.3 Å². The van der Waals surface area contributed by atoms with Gasteiger partial charge in [0.05, 0.1) is 25.5 Å². The lowest BCUT2D eigenvalue weighted by molar-refractivity contribution is 0.0954. The van der Waals surface area contributed by atoms with Crippen molar-refractivity contribution in [1.29, 1.82) is 0 Å². The van der Waals surface area contributed by atoms with Crippen molar-refractivity contribution in [3.8, 4) is 17.0 Å². The second-order valence-corrected chi connectivity index (χ2v) is 6.89. The van der Waals surface area contributed by atoms with Gasteiger partial charge in [-0.2, -0.15) is 5.10 Å². The van der Waals surface area contributed by atoms with Gasteiger partial charge in [0.2, 0.25) is 0 Å². The summed E-state index contributed by atoms with van der Waals surface area (Å²) >= 11 is 0. The molecule has 152 valence electrons. The molecule has 2 aromatic heterocycles. The predicted octanol–water partition coefficient (Wildman–Crippen LogP) is 4.17. The predicted molar refractivity (Wildman–Crippen MR) is 115 cm³/mol. The van der Waals surface area contributed by atoms with Gasteiger partial charge in [0.15, 0.2) is 0 Å². The number of nitrogens with zero attached hydrogens (tertiary/aromatic N) is 2. The van der Waals surface area contributed by atoms with E-state index in [0.29, 0.717) is 30.8 Å². The highest BCUT2D eigenvalue weighted by atomic mass is 16.5. The summed E-state index contributed by atoms with van der Waals surface area (Å²) < 4.78 is 12.4. The highest BCUT2D eigenvalue weighted by Gasteiger charge is 2.18. The molecule has 6 heteroatoms. The summed E-state index contributed by atoms with van der Waals surface area (Å²) in [5.74, 6) is 1.43. The molecule has 1 amide bonds. The number of carbonyl (C=O) groups is 1. The minimum atomic E-state index is -0.160. The van der Waals surface area contributed by atoms with Gasteiger partial charge in [0.25, 0.3) is 5.91 Å². The van der Waals surface area contributed by atoms with Gasteiger partial charge in [-0.15, -0.1) is 0 Å². The molecule has 0 radical (unpaired) electrons. The minimum Gasteiger partial charge on any atom is -0.497 e. The van der Waals surface area contributed by atoms with E-state index in [4.69, 9.17) is 14.3 Å². The minimum absolute atomic E-state index is 0.160. The quantitative estimate of drug-likeness (QED) is 0.481. The highest BCUT2D eigenvalue weighted by molar-refractivity contribution is 5.99. The Balaban J connectivity index is 1.57. The molecular weight excluding hydrogens is 378 g/mol. The Morgan fingerprint density at radius 1 is 1.07 bits per heavy atom. The van der Waals surface area contributed by atoms with E-state index < -0.39 is 0 Å². The maximum Gasteiger partial charge on any atom is 0.255 e. The maximum absolute atomic E-state index is 12.9. The average molecular weight is 401 g/mol. The van der Waals surface area contributed by atoms with Gasteiger partial charge in [-0.05, 0) is 42.0 Å². The SMILES string of the molecule is COc1ccc(-c2nn(Cc3ccccc3)cc2C(=O)NCCc2ccco2)cc1. The summed E-state index contributed by atoms with van der Waals surface area (Å²) in [7, 11) is 1.63. The lowest BCUT2D eigenvalue weighted by Crippen LogP contribution is -2.25. The highest BCUT2D eigenvalue weighted by Crippen LogP contribution is 2.25. The summed E-state index contributed by atoms with van der Waals surface area (Å²) in [6.45, 7) is 1.07. The van der Waals surface area contributed by atoms with E-state index in [-0.39, 0.29) is 5.91 Å². The van der Waals surface area contributed by atoms with Crippen LogP contribution in [0.5, 0.6) is 5.75 Å². The zero-order valence-corrected chi connectivity index (χ0v) is 16.7. The second kappa shape index (κ2) is 9.13. The maximum atomic E-state index is 12.9. The largest absolute Gasteiger partial charge is 0.497 e. The average Bonchev–Trinajstić information content (AvgIpc) is 3.45. The zero-order chi connectivity index (χ0) is 20.8. The molecule has 0 saturated carbocycles. The Morgan fingerprint density at radius 3 is 2.57 bits per heavy atom. The lowest BCUT2D eigenvalue weighted by atomic mass is 10.1. The van der Waals surface area contributed by atoms with Gasteiger partial charge in [-0.25, -0.2) is 0 Å². The molecule has 1 N–H and O–H groups in total. The molecular formula is C24H23N3O3. The van der Waals surface area contributed by atoms with Crippen LogP contribution in [0.15, 0.2) is 83.6 Å². The van der Waals surface area contributed by atoms with E-state index in [2.05, 4.69) is 5.32 Å². The molecule has 30 heavy (non-hydrogen) atoms. The van der Waals surface area contributed by atoms with E-state index >= 15 is 0 Å². The van der Waals surface area contributed by atoms with Crippen LogP contribution in [0.25, 0.3) is 11.3 Å². The Morgan fingerprint density at radius 2 is 1.87 bits per heavy atom. The van der Waals surface area contributed by atoms with Crippen LogP contribution in [-0.2, 0) is 13.0 Å². The van der Waals surface area contributed by atoms with E-state index in [1.165, 1.54) is 0 Å². The van der Waals surface area contributed by atoms with Crippen LogP contribution in [0.4, 0.5) is 0 Å². The molecule has 0 aliphatic rings. The topological polar surface area (TPSA) is 69.3 Å². The van der Waals surface area contributed by atoms with Crippen molar-refractivity contribution >= 4 is 5.91 Å². The molecule has 2 aromatic carbocycles. The van der Waals surface area contributed by atoms with Crippen LogP contribution in [0.1, 0.15) is 21.7 Å². The molecule has 0 fully saturated rings. The monoisotopic (exact) mass is 401 g/mol. The standard InChI is InChI=1S/C24H23N3O3/c1-29-20-11-9-19(10-12-20)23-22(24(28)25-14-13-21-8-5-15-30-21)17-27(26-23)16-18-6-3-2-4-7-18/h2-12,15,17H,13-14,16H2,1H3,(H,25,28). The second-order valence-electron chi connectivity index (χ2n) is 6.89. The zero-order valence-electron chi connectivity index (χ0n) is 16.7. The van der Waals surface area contributed by atoms with E-state index in [9.17, 15) is 4.79 Å². The van der Waals surface area contributed by atoms with Gasteiger partial charge in [0.1, 0.15) is 17.2 Å². The Hall–Kier alpha value is -3.80.